The summed E-state index contributed by atoms with van der Waals surface area (Å²) in [6.45, 7) is 4.22. The van der Waals surface area contributed by atoms with E-state index in [4.69, 9.17) is 9.57 Å². The summed E-state index contributed by atoms with van der Waals surface area (Å²) in [5, 5.41) is 10.2. The number of unbranched alkanes of at least 4 members (excludes halogenated alkanes) is 1. The molecule has 0 bridgehead atoms. The van der Waals surface area contributed by atoms with Gasteiger partial charge in [0.1, 0.15) is 6.04 Å². The highest BCUT2D eigenvalue weighted by Crippen LogP contribution is 2.18. The highest BCUT2D eigenvalue weighted by Gasteiger charge is 2.21. The Balaban J connectivity index is 0.000000564. The predicted molar refractivity (Wildman–Crippen MR) is 157 cm³/mol. The van der Waals surface area contributed by atoms with E-state index in [1.165, 1.54) is 14.0 Å². The Morgan fingerprint density at radius 2 is 1.56 bits per heavy atom. The van der Waals surface area contributed by atoms with Gasteiger partial charge in [0, 0.05) is 20.6 Å². The van der Waals surface area contributed by atoms with E-state index >= 15 is 0 Å². The molecule has 0 aliphatic carbocycles. The van der Waals surface area contributed by atoms with Gasteiger partial charge in [-0.25, -0.2) is 5.48 Å². The van der Waals surface area contributed by atoms with E-state index in [-0.39, 0.29) is 37.3 Å². The highest BCUT2D eigenvalue weighted by molar-refractivity contribution is 5.91. The molecule has 0 aliphatic rings. The summed E-state index contributed by atoms with van der Waals surface area (Å²) in [6, 6.07) is 22.2. The molecular formula is C31H40N4O6. The number of amides is 4. The summed E-state index contributed by atoms with van der Waals surface area (Å²) in [5.41, 5.74) is 4.08. The van der Waals surface area contributed by atoms with E-state index in [0.29, 0.717) is 13.2 Å². The topological polar surface area (TPSA) is 135 Å². The van der Waals surface area contributed by atoms with E-state index in [1.54, 1.807) is 0 Å². The molecule has 1 unspecified atom stereocenters. The van der Waals surface area contributed by atoms with Crippen molar-refractivity contribution < 1.29 is 28.8 Å². The number of hydrogen-bond acceptors (Lipinski definition) is 6. The normalized spacial score (nSPS) is 11.0. The zero-order chi connectivity index (χ0) is 29.9. The predicted octanol–water partition coefficient (Wildman–Crippen LogP) is 2.80. The average Bonchev–Trinajstić information content (AvgIpc) is 2.97. The Bertz CT molecular complexity index is 1250. The maximum absolute atomic E-state index is 12.7. The fourth-order valence-corrected chi connectivity index (χ4v) is 3.74. The molecule has 0 saturated carbocycles. The van der Waals surface area contributed by atoms with Crippen LogP contribution < -0.4 is 21.4 Å². The van der Waals surface area contributed by atoms with Crippen molar-refractivity contribution in [3.8, 4) is 0 Å². The SMILES string of the molecule is CCCCONC(C)=O.COCC(NC(=O)CNC(=O)Cc1ccccc1)C(=O)NCc1cccc2ccccc12. The molecule has 4 N–H and O–H groups in total. The molecule has 220 valence electrons. The third-order valence-electron chi connectivity index (χ3n) is 5.79. The van der Waals surface area contributed by atoms with E-state index in [0.717, 1.165) is 34.7 Å². The number of carbonyl (C=O) groups is 4. The zero-order valence-corrected chi connectivity index (χ0v) is 23.9. The van der Waals surface area contributed by atoms with Gasteiger partial charge in [0.2, 0.25) is 23.6 Å². The lowest BCUT2D eigenvalue weighted by Crippen LogP contribution is -2.51. The molecule has 0 radical (unpaired) electrons. The average molecular weight is 565 g/mol. The maximum Gasteiger partial charge on any atom is 0.245 e. The molecule has 1 atom stereocenters. The quantitative estimate of drug-likeness (QED) is 0.176. The van der Waals surface area contributed by atoms with Crippen LogP contribution in [-0.4, -0.2) is 56.5 Å². The van der Waals surface area contributed by atoms with Crippen molar-refractivity contribution in [2.45, 2.75) is 45.7 Å². The monoisotopic (exact) mass is 564 g/mol. The fraction of sp³-hybridized carbons (Fsp3) is 0.355. The third-order valence-corrected chi connectivity index (χ3v) is 5.79. The Morgan fingerprint density at radius 3 is 2.27 bits per heavy atom. The van der Waals surface area contributed by atoms with E-state index in [1.807, 2.05) is 72.8 Å². The first-order valence-corrected chi connectivity index (χ1v) is 13.6. The molecule has 4 amide bonds. The van der Waals surface area contributed by atoms with Crippen molar-refractivity contribution in [3.63, 3.8) is 0 Å². The minimum Gasteiger partial charge on any atom is -0.382 e. The number of benzene rings is 3. The van der Waals surface area contributed by atoms with Crippen molar-refractivity contribution in [1.29, 1.82) is 0 Å². The first kappa shape index (κ1) is 32.9. The lowest BCUT2D eigenvalue weighted by atomic mass is 10.0. The lowest BCUT2D eigenvalue weighted by Gasteiger charge is -2.18. The van der Waals surface area contributed by atoms with Gasteiger partial charge in [-0.3, -0.25) is 24.0 Å². The molecule has 3 rings (SSSR count). The summed E-state index contributed by atoms with van der Waals surface area (Å²) >= 11 is 0. The largest absolute Gasteiger partial charge is 0.382 e. The second-order valence-corrected chi connectivity index (χ2v) is 9.23. The molecule has 3 aromatic carbocycles. The van der Waals surface area contributed by atoms with Crippen LogP contribution in [0.1, 0.15) is 37.8 Å². The molecule has 0 aromatic heterocycles. The van der Waals surface area contributed by atoms with Gasteiger partial charge >= 0.3 is 0 Å². The molecule has 0 aliphatic heterocycles. The number of nitrogens with one attached hydrogen (secondary N) is 4. The molecule has 41 heavy (non-hydrogen) atoms. The van der Waals surface area contributed by atoms with Crippen molar-refractivity contribution >= 4 is 34.4 Å². The van der Waals surface area contributed by atoms with Gasteiger partial charge in [-0.05, 0) is 28.3 Å². The second-order valence-electron chi connectivity index (χ2n) is 9.23. The second kappa shape index (κ2) is 18.9. The van der Waals surface area contributed by atoms with Crippen molar-refractivity contribution in [1.82, 2.24) is 21.4 Å². The van der Waals surface area contributed by atoms with Crippen LogP contribution in [0.15, 0.2) is 72.8 Å². The number of carbonyl (C=O) groups excluding carboxylic acids is 4. The summed E-state index contributed by atoms with van der Waals surface area (Å²) in [7, 11) is 1.46. The molecule has 10 heteroatoms. The smallest absolute Gasteiger partial charge is 0.245 e. The van der Waals surface area contributed by atoms with Crippen LogP contribution in [0.4, 0.5) is 0 Å². The van der Waals surface area contributed by atoms with Crippen molar-refractivity contribution in [2.24, 2.45) is 0 Å². The van der Waals surface area contributed by atoms with Crippen molar-refractivity contribution in [3.05, 3.63) is 83.9 Å². The lowest BCUT2D eigenvalue weighted by molar-refractivity contribution is -0.131. The minimum absolute atomic E-state index is 0.0189. The molecule has 0 heterocycles. The van der Waals surface area contributed by atoms with Gasteiger partial charge in [-0.1, -0.05) is 86.1 Å². The Kier molecular flexibility index (Phi) is 15.2. The third kappa shape index (κ3) is 13.1. The summed E-state index contributed by atoms with van der Waals surface area (Å²) in [5.74, 6) is -1.24. The van der Waals surface area contributed by atoms with Gasteiger partial charge in [-0.2, -0.15) is 0 Å². The Labute approximate surface area is 241 Å². The maximum atomic E-state index is 12.7. The number of ether oxygens (including phenoxy) is 1. The van der Waals surface area contributed by atoms with Gasteiger partial charge in [-0.15, -0.1) is 0 Å². The molecule has 0 fully saturated rings. The molecular weight excluding hydrogens is 524 g/mol. The van der Waals surface area contributed by atoms with Crippen molar-refractivity contribution in [2.75, 3.05) is 26.9 Å². The van der Waals surface area contributed by atoms with E-state index in [2.05, 4.69) is 28.4 Å². The minimum atomic E-state index is -0.867. The molecule has 10 nitrogen and oxygen atoms in total. The number of hydrogen-bond donors (Lipinski definition) is 4. The van der Waals surface area contributed by atoms with Crippen LogP contribution in [0, 0.1) is 0 Å². The number of hydroxylamine groups is 1. The number of methoxy groups -OCH3 is 1. The molecule has 0 saturated heterocycles. The molecule has 3 aromatic rings. The summed E-state index contributed by atoms with van der Waals surface area (Å²) in [4.78, 5) is 51.9. The van der Waals surface area contributed by atoms with Gasteiger partial charge in [0.15, 0.2) is 0 Å². The number of rotatable bonds is 14. The Morgan fingerprint density at radius 1 is 0.854 bits per heavy atom. The van der Waals surface area contributed by atoms with Crippen LogP contribution in [0.2, 0.25) is 0 Å². The van der Waals surface area contributed by atoms with Gasteiger partial charge in [0.05, 0.1) is 26.2 Å². The standard InChI is InChI=1S/C25H27N3O4.C6H13NO2/c1-32-17-22(28-24(30)16-26-23(29)14-18-8-3-2-4-9-18)25(31)27-15-20-12-7-11-19-10-5-6-13-21(19)20;1-3-4-5-9-7-6(2)8/h2-13,22H,14-17H2,1H3,(H,26,29)(H,27,31)(H,28,30);3-5H2,1-2H3,(H,7,8). The van der Waals surface area contributed by atoms with Crippen LogP contribution in [0.5, 0.6) is 0 Å². The zero-order valence-electron chi connectivity index (χ0n) is 23.9. The first-order valence-electron chi connectivity index (χ1n) is 13.6. The Hall–Kier alpha value is -4.28. The van der Waals surface area contributed by atoms with Gasteiger partial charge < -0.3 is 20.7 Å². The fourth-order valence-electron chi connectivity index (χ4n) is 3.74. The first-order chi connectivity index (χ1) is 19.8. The van der Waals surface area contributed by atoms with Crippen LogP contribution in [-0.2, 0) is 41.7 Å². The summed E-state index contributed by atoms with van der Waals surface area (Å²) in [6.07, 6.45) is 2.25. The van der Waals surface area contributed by atoms with E-state index < -0.39 is 11.9 Å². The summed E-state index contributed by atoms with van der Waals surface area (Å²) < 4.78 is 5.09. The van der Waals surface area contributed by atoms with Crippen LogP contribution in [0.25, 0.3) is 10.8 Å². The van der Waals surface area contributed by atoms with Crippen LogP contribution >= 0.6 is 0 Å². The van der Waals surface area contributed by atoms with Gasteiger partial charge in [0.25, 0.3) is 0 Å². The highest BCUT2D eigenvalue weighted by atomic mass is 16.6. The van der Waals surface area contributed by atoms with E-state index in [9.17, 15) is 19.2 Å². The van der Waals surface area contributed by atoms with Crippen LogP contribution in [0.3, 0.4) is 0 Å². The molecule has 0 spiro atoms. The number of fused-ring (bicyclic) bond motifs is 1.